The summed E-state index contributed by atoms with van der Waals surface area (Å²) in [6.07, 6.45) is 7.96. The molecule has 0 unspecified atom stereocenters. The molecule has 0 amide bonds. The maximum absolute atomic E-state index is 12.1. The van der Waals surface area contributed by atoms with Crippen LogP contribution in [0.2, 0.25) is 0 Å². The van der Waals surface area contributed by atoms with Gasteiger partial charge in [-0.2, -0.15) is 0 Å². The number of rotatable bonds is 9. The topological polar surface area (TPSA) is 57.5 Å². The molecule has 5 heteroatoms. The van der Waals surface area contributed by atoms with E-state index >= 15 is 0 Å². The highest BCUT2D eigenvalue weighted by Gasteiger charge is 2.07. The van der Waals surface area contributed by atoms with E-state index in [1.165, 1.54) is 12.2 Å². The Morgan fingerprint density at radius 1 is 1.11 bits per heavy atom. The van der Waals surface area contributed by atoms with Gasteiger partial charge in [-0.25, -0.2) is 0 Å². The first-order valence-electron chi connectivity index (χ1n) is 8.77. The molecule has 0 radical (unpaired) electrons. The van der Waals surface area contributed by atoms with Crippen LogP contribution in [-0.4, -0.2) is 29.3 Å². The third-order valence-corrected chi connectivity index (χ3v) is 3.80. The van der Waals surface area contributed by atoms with Gasteiger partial charge in [0.25, 0.3) is 0 Å². The average molecular weight is 367 g/mol. The van der Waals surface area contributed by atoms with Crippen molar-refractivity contribution in [2.45, 2.75) is 26.4 Å². The van der Waals surface area contributed by atoms with Crippen molar-refractivity contribution in [2.24, 2.45) is 7.05 Å². The van der Waals surface area contributed by atoms with Crippen LogP contribution >= 0.6 is 0 Å². The molecule has 5 nitrogen and oxygen atoms in total. The average Bonchev–Trinajstić information content (AvgIpc) is 3.03. The Balaban J connectivity index is 1.98. The molecular weight excluding hydrogens is 342 g/mol. The number of aryl methyl sites for hydroxylation is 1. The van der Waals surface area contributed by atoms with Crippen LogP contribution in [0.1, 0.15) is 31.5 Å². The van der Waals surface area contributed by atoms with Crippen LogP contribution in [0.5, 0.6) is 11.5 Å². The molecular formula is C22H25NO4. The molecule has 1 aromatic carbocycles. The lowest BCUT2D eigenvalue weighted by Crippen LogP contribution is -2.05. The fourth-order valence-corrected chi connectivity index (χ4v) is 2.47. The number of ether oxygens (including phenoxy) is 2. The molecule has 142 valence electrons. The number of carbonyl (C=O) groups is 2. The minimum absolute atomic E-state index is 0.0623. The standard InChI is InChI=1S/C22H25NO4/c1-16(2)27-21-12-8-17(22(15-21)26-4)7-10-19(24)14-20(25)11-9-18-6-5-13-23(18)3/h5-13,15-16H,14H2,1-4H3. The van der Waals surface area contributed by atoms with E-state index in [-0.39, 0.29) is 24.1 Å². The summed E-state index contributed by atoms with van der Waals surface area (Å²) >= 11 is 0. The third kappa shape index (κ3) is 6.29. The van der Waals surface area contributed by atoms with Gasteiger partial charge in [-0.3, -0.25) is 9.59 Å². The van der Waals surface area contributed by atoms with Gasteiger partial charge < -0.3 is 14.0 Å². The van der Waals surface area contributed by atoms with E-state index in [4.69, 9.17) is 9.47 Å². The maximum atomic E-state index is 12.1. The normalized spacial score (nSPS) is 11.4. The lowest BCUT2D eigenvalue weighted by Gasteiger charge is -2.12. The Morgan fingerprint density at radius 2 is 1.81 bits per heavy atom. The van der Waals surface area contributed by atoms with Crippen LogP contribution in [-0.2, 0) is 16.6 Å². The van der Waals surface area contributed by atoms with Crippen molar-refractivity contribution in [3.63, 3.8) is 0 Å². The second kappa shape index (κ2) is 9.57. The summed E-state index contributed by atoms with van der Waals surface area (Å²) in [7, 11) is 3.45. The van der Waals surface area contributed by atoms with E-state index in [1.807, 2.05) is 55.9 Å². The molecule has 2 aromatic rings. The number of hydrogen-bond donors (Lipinski definition) is 0. The number of ketones is 2. The number of allylic oxidation sites excluding steroid dienone is 2. The highest BCUT2D eigenvalue weighted by Crippen LogP contribution is 2.26. The number of nitrogens with zero attached hydrogens (tertiary/aromatic N) is 1. The predicted molar refractivity (Wildman–Crippen MR) is 107 cm³/mol. The zero-order valence-corrected chi connectivity index (χ0v) is 16.1. The number of aromatic nitrogens is 1. The maximum Gasteiger partial charge on any atom is 0.163 e. The zero-order valence-electron chi connectivity index (χ0n) is 16.1. The van der Waals surface area contributed by atoms with Crippen molar-refractivity contribution in [1.29, 1.82) is 0 Å². The lowest BCUT2D eigenvalue weighted by atomic mass is 10.1. The van der Waals surface area contributed by atoms with E-state index in [1.54, 1.807) is 25.3 Å². The Morgan fingerprint density at radius 3 is 2.41 bits per heavy atom. The van der Waals surface area contributed by atoms with Crippen molar-refractivity contribution >= 4 is 23.7 Å². The second-order valence-electron chi connectivity index (χ2n) is 6.39. The van der Waals surface area contributed by atoms with Gasteiger partial charge in [-0.1, -0.05) is 0 Å². The van der Waals surface area contributed by atoms with Gasteiger partial charge in [0, 0.05) is 30.6 Å². The summed E-state index contributed by atoms with van der Waals surface area (Å²) in [6, 6.07) is 9.20. The van der Waals surface area contributed by atoms with Crippen LogP contribution in [0.15, 0.2) is 48.7 Å². The third-order valence-electron chi connectivity index (χ3n) is 3.80. The first-order valence-corrected chi connectivity index (χ1v) is 8.77. The smallest absolute Gasteiger partial charge is 0.163 e. The monoisotopic (exact) mass is 367 g/mol. The Kier molecular flexibility index (Phi) is 7.17. The number of methoxy groups -OCH3 is 1. The fraction of sp³-hybridized carbons (Fsp3) is 0.273. The van der Waals surface area contributed by atoms with Crippen LogP contribution < -0.4 is 9.47 Å². The van der Waals surface area contributed by atoms with E-state index in [2.05, 4.69) is 0 Å². The fourth-order valence-electron chi connectivity index (χ4n) is 2.47. The molecule has 0 saturated heterocycles. The highest BCUT2D eigenvalue weighted by atomic mass is 16.5. The molecule has 0 aliphatic carbocycles. The largest absolute Gasteiger partial charge is 0.496 e. The minimum Gasteiger partial charge on any atom is -0.496 e. The quantitative estimate of drug-likeness (QED) is 0.495. The van der Waals surface area contributed by atoms with Gasteiger partial charge in [-0.05, 0) is 62.4 Å². The molecule has 1 aromatic heterocycles. The van der Waals surface area contributed by atoms with Gasteiger partial charge in [0.1, 0.15) is 11.5 Å². The molecule has 0 bridgehead atoms. The first kappa shape index (κ1) is 20.2. The molecule has 1 heterocycles. The van der Waals surface area contributed by atoms with E-state index in [0.717, 1.165) is 11.3 Å². The van der Waals surface area contributed by atoms with E-state index < -0.39 is 0 Å². The number of hydrogen-bond acceptors (Lipinski definition) is 4. The van der Waals surface area contributed by atoms with Gasteiger partial charge in [0.15, 0.2) is 11.6 Å². The van der Waals surface area contributed by atoms with E-state index in [0.29, 0.717) is 11.5 Å². The zero-order chi connectivity index (χ0) is 19.8. The summed E-state index contributed by atoms with van der Waals surface area (Å²) in [6.45, 7) is 3.89. The molecule has 2 rings (SSSR count). The number of benzene rings is 1. The summed E-state index contributed by atoms with van der Waals surface area (Å²) in [4.78, 5) is 24.0. The van der Waals surface area contributed by atoms with Crippen molar-refractivity contribution in [3.8, 4) is 11.5 Å². The van der Waals surface area contributed by atoms with Crippen LogP contribution in [0, 0.1) is 0 Å². The molecule has 0 aliphatic rings. The minimum atomic E-state index is -0.263. The summed E-state index contributed by atoms with van der Waals surface area (Å²) < 4.78 is 12.9. The first-order chi connectivity index (χ1) is 12.9. The van der Waals surface area contributed by atoms with E-state index in [9.17, 15) is 9.59 Å². The predicted octanol–water partition coefficient (Wildman–Crippen LogP) is 4.08. The summed E-state index contributed by atoms with van der Waals surface area (Å²) in [5.74, 6) is 0.804. The summed E-state index contributed by atoms with van der Waals surface area (Å²) in [5.41, 5.74) is 1.65. The number of carbonyl (C=O) groups excluding carboxylic acids is 2. The van der Waals surface area contributed by atoms with Crippen molar-refractivity contribution in [3.05, 3.63) is 59.9 Å². The molecule has 27 heavy (non-hydrogen) atoms. The van der Waals surface area contributed by atoms with Crippen LogP contribution in [0.25, 0.3) is 12.2 Å². The van der Waals surface area contributed by atoms with Gasteiger partial charge >= 0.3 is 0 Å². The van der Waals surface area contributed by atoms with Crippen molar-refractivity contribution in [2.75, 3.05) is 7.11 Å². The summed E-state index contributed by atoms with van der Waals surface area (Å²) in [5, 5.41) is 0. The van der Waals surface area contributed by atoms with Gasteiger partial charge in [0.2, 0.25) is 0 Å². The Bertz CT molecular complexity index is 859. The van der Waals surface area contributed by atoms with Crippen LogP contribution in [0.3, 0.4) is 0 Å². The highest BCUT2D eigenvalue weighted by molar-refractivity contribution is 6.10. The molecule has 0 aliphatic heterocycles. The molecule has 0 atom stereocenters. The van der Waals surface area contributed by atoms with Crippen molar-refractivity contribution in [1.82, 2.24) is 4.57 Å². The van der Waals surface area contributed by atoms with Gasteiger partial charge in [-0.15, -0.1) is 0 Å². The molecule has 0 spiro atoms. The van der Waals surface area contributed by atoms with Crippen LogP contribution in [0.4, 0.5) is 0 Å². The lowest BCUT2D eigenvalue weighted by molar-refractivity contribution is -0.121. The Hall–Kier alpha value is -3.08. The molecule has 0 saturated carbocycles. The second-order valence-corrected chi connectivity index (χ2v) is 6.39. The van der Waals surface area contributed by atoms with Gasteiger partial charge in [0.05, 0.1) is 19.6 Å². The SMILES string of the molecule is COc1cc(OC(C)C)ccc1C=CC(=O)CC(=O)C=Cc1cccn1C. The Labute approximate surface area is 159 Å². The molecule has 0 N–H and O–H groups in total. The van der Waals surface area contributed by atoms with Crippen molar-refractivity contribution < 1.29 is 19.1 Å². The molecule has 0 fully saturated rings.